The number of carbonyl (C=O) groups excluding carboxylic acids is 1. The number of nitrogens with zero attached hydrogens (tertiary/aromatic N) is 5. The molecule has 1 aromatic heterocycles. The van der Waals surface area contributed by atoms with Crippen LogP contribution < -0.4 is 9.64 Å². The molecule has 10 heteroatoms. The Morgan fingerprint density at radius 3 is 2.60 bits per heavy atom. The molecule has 0 saturated carbocycles. The highest BCUT2D eigenvalue weighted by Gasteiger charge is 2.39. The molecule has 2 aliphatic rings. The highest BCUT2D eigenvalue weighted by Crippen LogP contribution is 2.36. The van der Waals surface area contributed by atoms with Crippen LogP contribution in [0, 0.1) is 0 Å². The van der Waals surface area contributed by atoms with Gasteiger partial charge in [-0.1, -0.05) is 23.7 Å². The summed E-state index contributed by atoms with van der Waals surface area (Å²) >= 11 is 6.10. The first-order valence-corrected chi connectivity index (χ1v) is 13.3. The summed E-state index contributed by atoms with van der Waals surface area (Å²) in [4.78, 5) is 17.1. The molecule has 8 nitrogen and oxygen atoms in total. The van der Waals surface area contributed by atoms with E-state index in [-0.39, 0.29) is 12.1 Å². The van der Waals surface area contributed by atoms with Gasteiger partial charge in [0.1, 0.15) is 5.75 Å². The van der Waals surface area contributed by atoms with Gasteiger partial charge >= 0.3 is 6.03 Å². The largest absolute Gasteiger partial charge is 0.438 e. The second kappa shape index (κ2) is 10.7. The van der Waals surface area contributed by atoms with Crippen molar-refractivity contribution in [2.24, 2.45) is 0 Å². The van der Waals surface area contributed by atoms with Gasteiger partial charge in [0.25, 0.3) is 0 Å². The number of urea groups is 1. The molecule has 35 heavy (non-hydrogen) atoms. The molecule has 0 aliphatic carbocycles. The average Bonchev–Trinajstić information content (AvgIpc) is 3.53. The van der Waals surface area contributed by atoms with Crippen LogP contribution >= 0.6 is 11.6 Å². The summed E-state index contributed by atoms with van der Waals surface area (Å²) in [5.41, 5.74) is 1.69. The van der Waals surface area contributed by atoms with Crippen molar-refractivity contribution < 1.29 is 13.7 Å². The first kappa shape index (κ1) is 23.7. The Hall–Kier alpha value is -3.01. The van der Waals surface area contributed by atoms with Gasteiger partial charge in [0.05, 0.1) is 22.8 Å². The molecule has 2 unspecified atom stereocenters. The van der Waals surface area contributed by atoms with Crippen LogP contribution in [-0.2, 0) is 11.0 Å². The molecular formula is C25H26ClN5O3S. The summed E-state index contributed by atoms with van der Waals surface area (Å²) in [5.74, 6) is 1.44. The molecule has 2 fully saturated rings. The van der Waals surface area contributed by atoms with E-state index in [0.717, 1.165) is 37.2 Å². The molecule has 0 spiro atoms. The molecule has 2 aromatic carbocycles. The molecule has 2 aliphatic heterocycles. The van der Waals surface area contributed by atoms with Crippen LogP contribution in [0.1, 0.15) is 24.4 Å². The molecule has 5 rings (SSSR count). The van der Waals surface area contributed by atoms with E-state index in [1.165, 1.54) is 0 Å². The summed E-state index contributed by atoms with van der Waals surface area (Å²) in [5, 5.41) is 8.43. The second-order valence-electron chi connectivity index (χ2n) is 8.49. The zero-order valence-corrected chi connectivity index (χ0v) is 20.7. The lowest BCUT2D eigenvalue weighted by molar-refractivity contribution is 0.223. The average molecular weight is 512 g/mol. The van der Waals surface area contributed by atoms with Crippen LogP contribution in [0.25, 0.3) is 0 Å². The van der Waals surface area contributed by atoms with E-state index in [1.807, 2.05) is 40.7 Å². The second-order valence-corrected chi connectivity index (χ2v) is 10.5. The minimum atomic E-state index is -1.08. The number of amides is 2. The Bertz CT molecular complexity index is 1190. The van der Waals surface area contributed by atoms with Crippen LogP contribution in [0.3, 0.4) is 0 Å². The molecular weight excluding hydrogens is 486 g/mol. The Balaban J connectivity index is 1.38. The molecule has 2 saturated heterocycles. The highest BCUT2D eigenvalue weighted by molar-refractivity contribution is 7.82. The van der Waals surface area contributed by atoms with Crippen molar-refractivity contribution in [1.82, 2.24) is 19.4 Å². The minimum absolute atomic E-state index is 0.115. The number of halogens is 1. The molecule has 0 radical (unpaired) electrons. The van der Waals surface area contributed by atoms with Gasteiger partial charge in [-0.25, -0.2) is 13.3 Å². The summed E-state index contributed by atoms with van der Waals surface area (Å²) in [7, 11) is -1.08. The van der Waals surface area contributed by atoms with E-state index in [1.54, 1.807) is 40.3 Å². The fourth-order valence-corrected chi connectivity index (χ4v) is 5.87. The predicted octanol–water partition coefficient (Wildman–Crippen LogP) is 4.67. The Morgan fingerprint density at radius 1 is 1.06 bits per heavy atom. The molecule has 0 N–H and O–H groups in total. The van der Waals surface area contributed by atoms with E-state index < -0.39 is 11.0 Å². The number of benzene rings is 2. The van der Waals surface area contributed by atoms with E-state index >= 15 is 0 Å². The number of ether oxygens (including phenoxy) is 1. The van der Waals surface area contributed by atoms with Gasteiger partial charge in [-0.2, -0.15) is 5.10 Å². The van der Waals surface area contributed by atoms with E-state index in [2.05, 4.69) is 10.2 Å². The van der Waals surface area contributed by atoms with Crippen molar-refractivity contribution >= 4 is 34.3 Å². The maximum Gasteiger partial charge on any atom is 0.325 e. The number of carbonyl (C=O) groups is 1. The Labute approximate surface area is 212 Å². The number of hydrogen-bond donors (Lipinski definition) is 0. The van der Waals surface area contributed by atoms with Crippen molar-refractivity contribution in [3.05, 3.63) is 77.4 Å². The van der Waals surface area contributed by atoms with E-state index in [0.29, 0.717) is 35.5 Å². The van der Waals surface area contributed by atoms with Gasteiger partial charge in [0, 0.05) is 49.2 Å². The maximum atomic E-state index is 13.5. The molecule has 3 aromatic rings. The van der Waals surface area contributed by atoms with Crippen molar-refractivity contribution in [1.29, 1.82) is 0 Å². The summed E-state index contributed by atoms with van der Waals surface area (Å²) in [6.45, 7) is 2.63. The lowest BCUT2D eigenvalue weighted by atomic mass is 10.1. The molecule has 2 amide bonds. The third kappa shape index (κ3) is 5.47. The topological polar surface area (TPSA) is 78.9 Å². The molecule has 2 atom stereocenters. The van der Waals surface area contributed by atoms with Crippen LogP contribution in [0.5, 0.6) is 11.6 Å². The standard InChI is InChI=1S/C25H26ClN5O3S/c26-20-8-10-21(11-9-20)31-23(18-29(25(31)32)15-16-35(33)30-13-1-2-14-30)19-5-3-6-22(17-19)34-24-7-4-12-27-28-24/h3-12,17,23H,1-2,13-16,18H2. The smallest absolute Gasteiger partial charge is 0.325 e. The quantitative estimate of drug-likeness (QED) is 0.439. The van der Waals surface area contributed by atoms with Crippen molar-refractivity contribution in [3.63, 3.8) is 0 Å². The number of rotatable bonds is 8. The van der Waals surface area contributed by atoms with Crippen molar-refractivity contribution in [2.75, 3.05) is 36.8 Å². The van der Waals surface area contributed by atoms with Crippen molar-refractivity contribution in [3.8, 4) is 11.6 Å². The number of aromatic nitrogens is 2. The first-order valence-electron chi connectivity index (χ1n) is 11.6. The maximum absolute atomic E-state index is 13.5. The fourth-order valence-electron chi connectivity index (χ4n) is 4.44. The van der Waals surface area contributed by atoms with E-state index in [4.69, 9.17) is 16.3 Å². The first-order chi connectivity index (χ1) is 17.1. The van der Waals surface area contributed by atoms with Gasteiger partial charge < -0.3 is 9.64 Å². The van der Waals surface area contributed by atoms with E-state index in [9.17, 15) is 9.00 Å². The summed E-state index contributed by atoms with van der Waals surface area (Å²) < 4.78 is 20.6. The zero-order valence-electron chi connectivity index (χ0n) is 19.1. The monoisotopic (exact) mass is 511 g/mol. The van der Waals surface area contributed by atoms with Gasteiger partial charge in [-0.05, 0) is 60.9 Å². The molecule has 0 bridgehead atoms. The molecule has 182 valence electrons. The van der Waals surface area contributed by atoms with Crippen LogP contribution in [0.15, 0.2) is 66.9 Å². The minimum Gasteiger partial charge on any atom is -0.438 e. The fraction of sp³-hybridized carbons (Fsp3) is 0.320. The normalized spacial score (nSPS) is 19.3. The summed E-state index contributed by atoms with van der Waals surface area (Å²) in [6.07, 6.45) is 3.74. The lowest BCUT2D eigenvalue weighted by Gasteiger charge is -2.24. The lowest BCUT2D eigenvalue weighted by Crippen LogP contribution is -2.36. The van der Waals surface area contributed by atoms with Crippen molar-refractivity contribution in [2.45, 2.75) is 18.9 Å². The molecule has 3 heterocycles. The highest BCUT2D eigenvalue weighted by atomic mass is 35.5. The zero-order chi connectivity index (χ0) is 24.2. The predicted molar refractivity (Wildman–Crippen MR) is 136 cm³/mol. The third-order valence-electron chi connectivity index (χ3n) is 6.19. The van der Waals surface area contributed by atoms with Crippen LogP contribution in [0.4, 0.5) is 10.5 Å². The Kier molecular flexibility index (Phi) is 7.26. The number of hydrogen-bond acceptors (Lipinski definition) is 5. The van der Waals surface area contributed by atoms with Gasteiger partial charge in [0.15, 0.2) is 0 Å². The Morgan fingerprint density at radius 2 is 1.86 bits per heavy atom. The van der Waals surface area contributed by atoms with Gasteiger partial charge in [-0.3, -0.25) is 4.90 Å². The van der Waals surface area contributed by atoms with Gasteiger partial charge in [-0.15, -0.1) is 5.10 Å². The summed E-state index contributed by atoms with van der Waals surface area (Å²) in [6, 6.07) is 18.0. The van der Waals surface area contributed by atoms with Crippen LogP contribution in [-0.4, -0.2) is 61.6 Å². The van der Waals surface area contributed by atoms with Crippen LogP contribution in [0.2, 0.25) is 5.02 Å². The SMILES string of the molecule is O=C1N(CCS(=O)N2CCCC2)CC(c2cccc(Oc3cccnn3)c2)N1c1ccc(Cl)cc1. The van der Waals surface area contributed by atoms with Gasteiger partial charge in [0.2, 0.25) is 5.88 Å². The third-order valence-corrected chi connectivity index (χ3v) is 7.91. The number of anilines is 1.